The molecule has 24 heavy (non-hydrogen) atoms. The Morgan fingerprint density at radius 1 is 1.25 bits per heavy atom. The van der Waals surface area contributed by atoms with Crippen molar-refractivity contribution in [1.29, 1.82) is 0 Å². The van der Waals surface area contributed by atoms with Crippen molar-refractivity contribution in [1.82, 2.24) is 9.80 Å². The summed E-state index contributed by atoms with van der Waals surface area (Å²) in [6, 6.07) is 7.85. The van der Waals surface area contributed by atoms with Gasteiger partial charge in [-0.15, -0.1) is 0 Å². The summed E-state index contributed by atoms with van der Waals surface area (Å²) in [5, 5.41) is 10.5. The fourth-order valence-electron chi connectivity index (χ4n) is 3.92. The second kappa shape index (κ2) is 7.64. The van der Waals surface area contributed by atoms with Crippen LogP contribution in [-0.4, -0.2) is 59.1 Å². The molecule has 1 fully saturated rings. The Labute approximate surface area is 144 Å². The first-order chi connectivity index (χ1) is 11.5. The van der Waals surface area contributed by atoms with E-state index in [0.717, 1.165) is 19.0 Å². The van der Waals surface area contributed by atoms with Gasteiger partial charge in [-0.05, 0) is 49.4 Å². The van der Waals surface area contributed by atoms with Gasteiger partial charge in [0.05, 0.1) is 12.1 Å². The maximum absolute atomic E-state index is 11.9. The number of aliphatic hydroxyl groups excluding tert-OH is 1. The Morgan fingerprint density at radius 2 is 1.92 bits per heavy atom. The van der Waals surface area contributed by atoms with Crippen LogP contribution in [0.5, 0.6) is 0 Å². The maximum atomic E-state index is 11.9. The van der Waals surface area contributed by atoms with Gasteiger partial charge in [-0.3, -0.25) is 9.69 Å². The zero-order chi connectivity index (χ0) is 17.1. The third-order valence-corrected chi connectivity index (χ3v) is 5.46. The van der Waals surface area contributed by atoms with E-state index in [1.54, 1.807) is 0 Å². The van der Waals surface area contributed by atoms with E-state index in [2.05, 4.69) is 24.0 Å². The molecule has 3 N–H and O–H groups in total. The molecule has 0 spiro atoms. The van der Waals surface area contributed by atoms with Gasteiger partial charge in [0.25, 0.3) is 0 Å². The number of carbonyl (C=O) groups is 1. The summed E-state index contributed by atoms with van der Waals surface area (Å²) in [5.41, 5.74) is 8.04. The number of nitrogens with zero attached hydrogens (tertiary/aromatic N) is 2. The Morgan fingerprint density at radius 3 is 2.58 bits per heavy atom. The summed E-state index contributed by atoms with van der Waals surface area (Å²) in [6.07, 6.45) is 2.59. The van der Waals surface area contributed by atoms with Crippen LogP contribution in [-0.2, 0) is 17.8 Å². The van der Waals surface area contributed by atoms with E-state index < -0.39 is 6.10 Å². The van der Waals surface area contributed by atoms with E-state index in [-0.39, 0.29) is 11.9 Å². The van der Waals surface area contributed by atoms with Crippen molar-refractivity contribution >= 4 is 5.91 Å². The summed E-state index contributed by atoms with van der Waals surface area (Å²) in [6.45, 7) is 6.25. The molecule has 132 valence electrons. The third kappa shape index (κ3) is 4.15. The third-order valence-electron chi connectivity index (χ3n) is 5.46. The van der Waals surface area contributed by atoms with Crippen LogP contribution in [0.1, 0.15) is 30.9 Å². The minimum atomic E-state index is -0.453. The number of fused-ring (bicyclic) bond motifs is 1. The molecule has 3 rings (SSSR count). The Hall–Kier alpha value is -1.43. The lowest BCUT2D eigenvalue weighted by atomic mass is 9.93. The molecule has 2 heterocycles. The van der Waals surface area contributed by atoms with Crippen LogP contribution in [0.25, 0.3) is 0 Å². The molecule has 0 bridgehead atoms. The molecule has 2 aliphatic rings. The van der Waals surface area contributed by atoms with E-state index in [0.29, 0.717) is 26.1 Å². The van der Waals surface area contributed by atoms with Gasteiger partial charge in [0.2, 0.25) is 5.91 Å². The largest absolute Gasteiger partial charge is 0.390 e. The van der Waals surface area contributed by atoms with Crippen molar-refractivity contribution < 1.29 is 9.90 Å². The number of aliphatic hydroxyl groups is 1. The maximum Gasteiger partial charge on any atom is 0.235 e. The topological polar surface area (TPSA) is 69.8 Å². The number of hydrogen-bond acceptors (Lipinski definition) is 4. The SMILES string of the molecule is CC1CCN(CC(O)CN2Cc3ccccc3C[C@H]2C(N)=O)CC1. The number of amides is 1. The van der Waals surface area contributed by atoms with Gasteiger partial charge in [0.15, 0.2) is 0 Å². The fourth-order valence-corrected chi connectivity index (χ4v) is 3.92. The molecule has 0 saturated carbocycles. The predicted molar refractivity (Wildman–Crippen MR) is 94.4 cm³/mol. The molecule has 1 aromatic carbocycles. The number of hydrogen-bond donors (Lipinski definition) is 2. The van der Waals surface area contributed by atoms with Gasteiger partial charge in [-0.25, -0.2) is 0 Å². The molecule has 0 radical (unpaired) electrons. The van der Waals surface area contributed by atoms with Crippen LogP contribution in [0, 0.1) is 5.92 Å². The Bertz CT molecular complexity index is 569. The number of benzene rings is 1. The molecule has 0 aromatic heterocycles. The van der Waals surface area contributed by atoms with E-state index in [1.807, 2.05) is 17.0 Å². The number of rotatable bonds is 5. The number of carbonyl (C=O) groups excluding carboxylic acids is 1. The Balaban J connectivity index is 1.61. The van der Waals surface area contributed by atoms with Gasteiger partial charge in [-0.1, -0.05) is 31.2 Å². The monoisotopic (exact) mass is 331 g/mol. The first kappa shape index (κ1) is 17.4. The second-order valence-electron chi connectivity index (χ2n) is 7.46. The number of nitrogens with two attached hydrogens (primary N) is 1. The van der Waals surface area contributed by atoms with Crippen molar-refractivity contribution in [2.75, 3.05) is 26.2 Å². The summed E-state index contributed by atoms with van der Waals surface area (Å²) >= 11 is 0. The standard InChI is InChI=1S/C19H29N3O2/c1-14-6-8-21(9-7-14)12-17(23)13-22-11-16-5-3-2-4-15(16)10-18(22)19(20)24/h2-5,14,17-18,23H,6-13H2,1H3,(H2,20,24)/t17?,18-/m0/s1. The molecule has 2 atom stereocenters. The first-order valence-corrected chi connectivity index (χ1v) is 9.03. The molecule has 0 aliphatic carbocycles. The van der Waals surface area contributed by atoms with Gasteiger partial charge in [0, 0.05) is 19.6 Å². The molecule has 1 saturated heterocycles. The minimum Gasteiger partial charge on any atom is -0.390 e. The molecule has 1 unspecified atom stereocenters. The molecule has 5 nitrogen and oxygen atoms in total. The van der Waals surface area contributed by atoms with Crippen molar-refractivity contribution in [2.45, 2.75) is 44.9 Å². The average Bonchev–Trinajstić information content (AvgIpc) is 2.56. The van der Waals surface area contributed by atoms with Gasteiger partial charge >= 0.3 is 0 Å². The number of β-amino-alcohol motifs (C(OH)–C–C–N with tert-alkyl or cyclic N) is 1. The van der Waals surface area contributed by atoms with Gasteiger partial charge < -0.3 is 15.7 Å². The first-order valence-electron chi connectivity index (χ1n) is 9.03. The van der Waals surface area contributed by atoms with Gasteiger partial charge in [-0.2, -0.15) is 0 Å². The smallest absolute Gasteiger partial charge is 0.235 e. The normalized spacial score (nSPS) is 24.5. The highest BCUT2D eigenvalue weighted by molar-refractivity contribution is 5.80. The van der Waals surface area contributed by atoms with Crippen LogP contribution < -0.4 is 5.73 Å². The summed E-state index contributed by atoms with van der Waals surface area (Å²) in [4.78, 5) is 16.2. The summed E-state index contributed by atoms with van der Waals surface area (Å²) in [5.74, 6) is 0.486. The number of likely N-dealkylation sites (tertiary alicyclic amines) is 1. The molecular weight excluding hydrogens is 302 g/mol. The van der Waals surface area contributed by atoms with Crippen LogP contribution in [0.3, 0.4) is 0 Å². The van der Waals surface area contributed by atoms with Crippen molar-refractivity contribution in [3.05, 3.63) is 35.4 Å². The summed E-state index contributed by atoms with van der Waals surface area (Å²) in [7, 11) is 0. The molecule has 1 amide bonds. The van der Waals surface area contributed by atoms with Crippen LogP contribution in [0.2, 0.25) is 0 Å². The highest BCUT2D eigenvalue weighted by atomic mass is 16.3. The number of piperidine rings is 1. The van der Waals surface area contributed by atoms with Gasteiger partial charge in [0.1, 0.15) is 0 Å². The van der Waals surface area contributed by atoms with Crippen molar-refractivity contribution in [2.24, 2.45) is 11.7 Å². The van der Waals surface area contributed by atoms with E-state index in [4.69, 9.17) is 5.73 Å². The van der Waals surface area contributed by atoms with Crippen molar-refractivity contribution in [3.8, 4) is 0 Å². The van der Waals surface area contributed by atoms with Crippen LogP contribution >= 0.6 is 0 Å². The van der Waals surface area contributed by atoms with E-state index >= 15 is 0 Å². The van der Waals surface area contributed by atoms with Crippen LogP contribution in [0.15, 0.2) is 24.3 Å². The minimum absolute atomic E-state index is 0.302. The predicted octanol–water partition coefficient (Wildman–Crippen LogP) is 0.991. The zero-order valence-corrected chi connectivity index (χ0v) is 14.5. The second-order valence-corrected chi connectivity index (χ2v) is 7.46. The zero-order valence-electron chi connectivity index (χ0n) is 14.5. The molecule has 1 aromatic rings. The lowest BCUT2D eigenvalue weighted by molar-refractivity contribution is -0.124. The van der Waals surface area contributed by atoms with Crippen molar-refractivity contribution in [3.63, 3.8) is 0 Å². The Kier molecular flexibility index (Phi) is 5.54. The fraction of sp³-hybridized carbons (Fsp3) is 0.632. The quantitative estimate of drug-likeness (QED) is 0.844. The van der Waals surface area contributed by atoms with Crippen LogP contribution in [0.4, 0.5) is 0 Å². The van der Waals surface area contributed by atoms with E-state index in [9.17, 15) is 9.90 Å². The lowest BCUT2D eigenvalue weighted by Crippen LogP contribution is -2.52. The average molecular weight is 331 g/mol. The van der Waals surface area contributed by atoms with E-state index in [1.165, 1.54) is 24.0 Å². The molecular formula is C19H29N3O2. The highest BCUT2D eigenvalue weighted by Crippen LogP contribution is 2.24. The number of primary amides is 1. The molecule has 5 heteroatoms. The highest BCUT2D eigenvalue weighted by Gasteiger charge is 2.31. The lowest BCUT2D eigenvalue weighted by Gasteiger charge is -2.38. The summed E-state index contributed by atoms with van der Waals surface area (Å²) < 4.78 is 0. The molecule has 2 aliphatic heterocycles.